The molecule has 0 aromatic heterocycles. The summed E-state index contributed by atoms with van der Waals surface area (Å²) in [5.41, 5.74) is 7.07. The van der Waals surface area contributed by atoms with Gasteiger partial charge in [-0.05, 0) is 57.0 Å². The van der Waals surface area contributed by atoms with Gasteiger partial charge in [-0.1, -0.05) is 6.07 Å². The van der Waals surface area contributed by atoms with Crippen LogP contribution in [0.1, 0.15) is 18.4 Å². The fourth-order valence-corrected chi connectivity index (χ4v) is 3.88. The lowest BCUT2D eigenvalue weighted by Gasteiger charge is -2.29. The van der Waals surface area contributed by atoms with Crippen LogP contribution in [0, 0.1) is 12.8 Å². The lowest BCUT2D eigenvalue weighted by Crippen LogP contribution is -2.39. The number of likely N-dealkylation sites (tertiary alicyclic amines) is 1. The van der Waals surface area contributed by atoms with Crippen LogP contribution in [-0.2, 0) is 10.0 Å². The highest BCUT2D eigenvalue weighted by molar-refractivity contribution is 7.89. The molecule has 2 rings (SSSR count). The van der Waals surface area contributed by atoms with E-state index >= 15 is 0 Å². The number of benzene rings is 1. The molecule has 112 valence electrons. The lowest BCUT2D eigenvalue weighted by molar-refractivity contribution is 0.211. The number of sulfonamides is 1. The summed E-state index contributed by atoms with van der Waals surface area (Å²) < 4.78 is 27.3. The molecule has 0 aliphatic carbocycles. The third-order valence-electron chi connectivity index (χ3n) is 3.74. The second-order valence-corrected chi connectivity index (χ2v) is 7.40. The summed E-state index contributed by atoms with van der Waals surface area (Å²) in [5, 5.41) is 0. The van der Waals surface area contributed by atoms with Gasteiger partial charge in [-0.25, -0.2) is 13.1 Å². The van der Waals surface area contributed by atoms with Crippen LogP contribution in [0.15, 0.2) is 23.1 Å². The number of rotatable bonds is 4. The van der Waals surface area contributed by atoms with Crippen molar-refractivity contribution < 1.29 is 8.42 Å². The molecular weight excluding hydrogens is 274 g/mol. The summed E-state index contributed by atoms with van der Waals surface area (Å²) in [6.45, 7) is 4.39. The van der Waals surface area contributed by atoms with Gasteiger partial charge in [0.15, 0.2) is 0 Å². The summed E-state index contributed by atoms with van der Waals surface area (Å²) in [6, 6.07) is 5.02. The Morgan fingerprint density at radius 2 is 2.20 bits per heavy atom. The summed E-state index contributed by atoms with van der Waals surface area (Å²) in [4.78, 5) is 2.41. The molecule has 5 nitrogen and oxygen atoms in total. The molecule has 1 saturated heterocycles. The van der Waals surface area contributed by atoms with Crippen molar-refractivity contribution >= 4 is 15.7 Å². The topological polar surface area (TPSA) is 75.4 Å². The largest absolute Gasteiger partial charge is 0.398 e. The van der Waals surface area contributed by atoms with Crippen molar-refractivity contribution in [2.24, 2.45) is 5.92 Å². The SMILES string of the molecule is Cc1ccc(S(=O)(=O)NCC2CCCN(C)C2)c(N)c1. The van der Waals surface area contributed by atoms with Crippen molar-refractivity contribution in [2.75, 3.05) is 32.4 Å². The Hall–Kier alpha value is -1.11. The predicted molar refractivity (Wildman–Crippen MR) is 81.0 cm³/mol. The highest BCUT2D eigenvalue weighted by Crippen LogP contribution is 2.20. The minimum Gasteiger partial charge on any atom is -0.398 e. The van der Waals surface area contributed by atoms with E-state index in [-0.39, 0.29) is 4.90 Å². The van der Waals surface area contributed by atoms with E-state index in [0.29, 0.717) is 18.2 Å². The minimum absolute atomic E-state index is 0.173. The van der Waals surface area contributed by atoms with E-state index in [1.807, 2.05) is 6.92 Å². The highest BCUT2D eigenvalue weighted by Gasteiger charge is 2.22. The number of nitrogens with one attached hydrogen (secondary N) is 1. The Balaban J connectivity index is 2.03. The molecule has 0 radical (unpaired) electrons. The smallest absolute Gasteiger partial charge is 0.242 e. The van der Waals surface area contributed by atoms with Gasteiger partial charge in [-0.2, -0.15) is 0 Å². The number of nitrogens with two attached hydrogens (primary N) is 1. The molecule has 3 N–H and O–H groups in total. The van der Waals surface area contributed by atoms with Crippen LogP contribution in [0.25, 0.3) is 0 Å². The monoisotopic (exact) mass is 297 g/mol. The molecule has 1 fully saturated rings. The van der Waals surface area contributed by atoms with Crippen molar-refractivity contribution in [3.8, 4) is 0 Å². The van der Waals surface area contributed by atoms with Crippen LogP contribution in [0.2, 0.25) is 0 Å². The second-order valence-electron chi connectivity index (χ2n) is 5.66. The molecule has 1 unspecified atom stereocenters. The number of nitrogens with zero attached hydrogens (tertiary/aromatic N) is 1. The molecule has 0 spiro atoms. The van der Waals surface area contributed by atoms with Crippen LogP contribution < -0.4 is 10.5 Å². The zero-order valence-corrected chi connectivity index (χ0v) is 12.9. The Kier molecular flexibility index (Phi) is 4.67. The van der Waals surface area contributed by atoms with Crippen molar-refractivity contribution in [3.63, 3.8) is 0 Å². The molecular formula is C14H23N3O2S. The molecule has 0 amide bonds. The van der Waals surface area contributed by atoms with Gasteiger partial charge >= 0.3 is 0 Å². The van der Waals surface area contributed by atoms with Crippen LogP contribution in [-0.4, -0.2) is 40.0 Å². The third-order valence-corrected chi connectivity index (χ3v) is 5.24. The van der Waals surface area contributed by atoms with Crippen molar-refractivity contribution in [2.45, 2.75) is 24.7 Å². The maximum atomic E-state index is 12.3. The van der Waals surface area contributed by atoms with Crippen LogP contribution in [0.5, 0.6) is 0 Å². The molecule has 1 heterocycles. The van der Waals surface area contributed by atoms with Crippen molar-refractivity contribution in [1.29, 1.82) is 0 Å². The maximum Gasteiger partial charge on any atom is 0.242 e. The van der Waals surface area contributed by atoms with Crippen LogP contribution in [0.3, 0.4) is 0 Å². The Morgan fingerprint density at radius 1 is 1.45 bits per heavy atom. The quantitative estimate of drug-likeness (QED) is 0.819. The van der Waals surface area contributed by atoms with Crippen molar-refractivity contribution in [1.82, 2.24) is 9.62 Å². The second kappa shape index (κ2) is 6.11. The zero-order valence-electron chi connectivity index (χ0n) is 12.1. The molecule has 1 aromatic rings. The first-order chi connectivity index (χ1) is 9.38. The molecule has 1 aliphatic rings. The molecule has 6 heteroatoms. The maximum absolute atomic E-state index is 12.3. The van der Waals surface area contributed by atoms with E-state index in [9.17, 15) is 8.42 Å². The first-order valence-electron chi connectivity index (χ1n) is 6.93. The molecule has 0 saturated carbocycles. The summed E-state index contributed by atoms with van der Waals surface area (Å²) in [6.07, 6.45) is 2.19. The van der Waals surface area contributed by atoms with E-state index < -0.39 is 10.0 Å². The molecule has 20 heavy (non-hydrogen) atoms. The highest BCUT2D eigenvalue weighted by atomic mass is 32.2. The van der Waals surface area contributed by atoms with Gasteiger partial charge in [-0.3, -0.25) is 0 Å². The molecule has 1 aromatic carbocycles. The van der Waals surface area contributed by atoms with Gasteiger partial charge in [0.1, 0.15) is 4.90 Å². The zero-order chi connectivity index (χ0) is 14.8. The standard InChI is InChI=1S/C14H23N3O2S/c1-11-5-6-14(13(15)8-11)20(18,19)16-9-12-4-3-7-17(2)10-12/h5-6,8,12,16H,3-4,7,9-10,15H2,1-2H3. The number of nitrogen functional groups attached to an aromatic ring is 1. The number of aryl methyl sites for hydroxylation is 1. The van der Waals surface area contributed by atoms with Gasteiger partial charge < -0.3 is 10.6 Å². The van der Waals surface area contributed by atoms with Gasteiger partial charge in [0.2, 0.25) is 10.0 Å². The number of piperidine rings is 1. The Labute approximate surface area is 121 Å². The van der Waals surface area contributed by atoms with E-state index in [1.54, 1.807) is 18.2 Å². The van der Waals surface area contributed by atoms with Crippen LogP contribution >= 0.6 is 0 Å². The van der Waals surface area contributed by atoms with E-state index in [1.165, 1.54) is 0 Å². The summed E-state index contributed by atoms with van der Waals surface area (Å²) >= 11 is 0. The van der Waals surface area contributed by atoms with Gasteiger partial charge in [-0.15, -0.1) is 0 Å². The summed E-state index contributed by atoms with van der Waals surface area (Å²) in [5.74, 6) is 0.371. The number of hydrogen-bond donors (Lipinski definition) is 2. The van der Waals surface area contributed by atoms with E-state index in [4.69, 9.17) is 5.73 Å². The Bertz CT molecular complexity index is 572. The number of anilines is 1. The average molecular weight is 297 g/mol. The fourth-order valence-electron chi connectivity index (χ4n) is 2.66. The van der Waals surface area contributed by atoms with E-state index in [2.05, 4.69) is 16.7 Å². The van der Waals surface area contributed by atoms with Crippen LogP contribution in [0.4, 0.5) is 5.69 Å². The molecule has 1 aliphatic heterocycles. The molecule has 0 bridgehead atoms. The molecule has 1 atom stereocenters. The first kappa shape index (κ1) is 15.3. The normalized spacial score (nSPS) is 21.0. The lowest BCUT2D eigenvalue weighted by atomic mass is 9.99. The summed E-state index contributed by atoms with van der Waals surface area (Å²) in [7, 11) is -1.45. The minimum atomic E-state index is -3.52. The van der Waals surface area contributed by atoms with E-state index in [0.717, 1.165) is 31.5 Å². The van der Waals surface area contributed by atoms with Gasteiger partial charge in [0, 0.05) is 13.1 Å². The van der Waals surface area contributed by atoms with Gasteiger partial charge in [0.05, 0.1) is 5.69 Å². The Morgan fingerprint density at radius 3 is 2.85 bits per heavy atom. The number of hydrogen-bond acceptors (Lipinski definition) is 4. The van der Waals surface area contributed by atoms with Crippen molar-refractivity contribution in [3.05, 3.63) is 23.8 Å². The average Bonchev–Trinajstić information content (AvgIpc) is 2.36. The fraction of sp³-hybridized carbons (Fsp3) is 0.571. The first-order valence-corrected chi connectivity index (χ1v) is 8.41. The predicted octanol–water partition coefficient (Wildman–Crippen LogP) is 1.20. The van der Waals surface area contributed by atoms with Gasteiger partial charge in [0.25, 0.3) is 0 Å². The third kappa shape index (κ3) is 3.71.